The normalized spacial score (nSPS) is 15.2. The summed E-state index contributed by atoms with van der Waals surface area (Å²) in [5, 5.41) is 0. The van der Waals surface area contributed by atoms with Crippen LogP contribution in [0, 0.1) is 6.92 Å². The maximum atomic E-state index is 12.3. The van der Waals surface area contributed by atoms with E-state index in [1.54, 1.807) is 16.8 Å². The number of amides is 2. The number of nitrogens with zero attached hydrogens (tertiary/aromatic N) is 2. The van der Waals surface area contributed by atoms with Crippen LogP contribution in [-0.4, -0.2) is 54.9 Å². The van der Waals surface area contributed by atoms with E-state index in [1.165, 1.54) is 0 Å². The molecule has 0 saturated carbocycles. The summed E-state index contributed by atoms with van der Waals surface area (Å²) < 4.78 is 5.71. The molecule has 0 unspecified atom stereocenters. The maximum Gasteiger partial charge on any atom is 0.242 e. The minimum Gasteiger partial charge on any atom is -0.491 e. The van der Waals surface area contributed by atoms with Crippen molar-refractivity contribution in [3.05, 3.63) is 29.8 Å². The lowest BCUT2D eigenvalue weighted by atomic mass is 10.2. The Bertz CT molecular complexity index is 545. The lowest BCUT2D eigenvalue weighted by Gasteiger charge is -2.24. The van der Waals surface area contributed by atoms with Gasteiger partial charge in [-0.3, -0.25) is 9.59 Å². The molecule has 1 aliphatic rings. The highest BCUT2D eigenvalue weighted by Gasteiger charge is 2.20. The fourth-order valence-electron chi connectivity index (χ4n) is 2.63. The van der Waals surface area contributed by atoms with Gasteiger partial charge in [-0.25, -0.2) is 0 Å². The monoisotopic (exact) mass is 318 g/mol. The number of benzene rings is 1. The van der Waals surface area contributed by atoms with E-state index in [2.05, 4.69) is 0 Å². The Hall–Kier alpha value is -2.04. The minimum atomic E-state index is -0.0337. The summed E-state index contributed by atoms with van der Waals surface area (Å²) in [6.07, 6.45) is 3.55. The molecule has 1 saturated heterocycles. The Morgan fingerprint density at radius 1 is 1.26 bits per heavy atom. The summed E-state index contributed by atoms with van der Waals surface area (Å²) in [6.45, 7) is 3.82. The molecule has 1 heterocycles. The quantitative estimate of drug-likeness (QED) is 0.808. The van der Waals surface area contributed by atoms with Gasteiger partial charge >= 0.3 is 0 Å². The van der Waals surface area contributed by atoms with Gasteiger partial charge in [0.1, 0.15) is 12.4 Å². The van der Waals surface area contributed by atoms with Gasteiger partial charge in [0, 0.05) is 20.0 Å². The first-order valence-corrected chi connectivity index (χ1v) is 8.28. The van der Waals surface area contributed by atoms with Crippen molar-refractivity contribution in [2.75, 3.05) is 33.3 Å². The van der Waals surface area contributed by atoms with Gasteiger partial charge in [-0.15, -0.1) is 0 Å². The highest BCUT2D eigenvalue weighted by molar-refractivity contribution is 5.84. The molecule has 126 valence electrons. The van der Waals surface area contributed by atoms with Crippen molar-refractivity contribution in [2.24, 2.45) is 0 Å². The predicted molar refractivity (Wildman–Crippen MR) is 89.4 cm³/mol. The molecule has 0 aromatic heterocycles. The maximum absolute atomic E-state index is 12.3. The zero-order chi connectivity index (χ0) is 16.7. The Balaban J connectivity index is 1.76. The van der Waals surface area contributed by atoms with E-state index in [1.807, 2.05) is 31.2 Å². The fraction of sp³-hybridized carbons (Fsp3) is 0.556. The first-order valence-electron chi connectivity index (χ1n) is 8.28. The first-order chi connectivity index (χ1) is 11.1. The molecule has 2 rings (SSSR count). The van der Waals surface area contributed by atoms with Crippen LogP contribution in [0.4, 0.5) is 0 Å². The molecule has 0 bridgehead atoms. The number of rotatable bonds is 6. The number of hydrogen-bond donors (Lipinski definition) is 0. The third-order valence-corrected chi connectivity index (χ3v) is 4.20. The molecule has 0 radical (unpaired) electrons. The highest BCUT2D eigenvalue weighted by Crippen LogP contribution is 2.16. The summed E-state index contributed by atoms with van der Waals surface area (Å²) in [5.74, 6) is 0.907. The van der Waals surface area contributed by atoms with Crippen LogP contribution >= 0.6 is 0 Å². The van der Waals surface area contributed by atoms with Crippen molar-refractivity contribution in [3.8, 4) is 5.75 Å². The Morgan fingerprint density at radius 2 is 2.04 bits per heavy atom. The molecule has 2 amide bonds. The number of ether oxygens (including phenoxy) is 1. The van der Waals surface area contributed by atoms with Gasteiger partial charge in [-0.05, 0) is 31.4 Å². The topological polar surface area (TPSA) is 49.9 Å². The zero-order valence-electron chi connectivity index (χ0n) is 14.1. The van der Waals surface area contributed by atoms with Gasteiger partial charge in [0.15, 0.2) is 0 Å². The summed E-state index contributed by atoms with van der Waals surface area (Å²) >= 11 is 0. The lowest BCUT2D eigenvalue weighted by Crippen LogP contribution is -2.42. The number of likely N-dealkylation sites (N-methyl/N-ethyl adjacent to an activating group) is 1. The van der Waals surface area contributed by atoms with E-state index in [-0.39, 0.29) is 18.4 Å². The molecule has 1 aliphatic heterocycles. The Kier molecular flexibility index (Phi) is 6.44. The second-order valence-electron chi connectivity index (χ2n) is 6.06. The van der Waals surface area contributed by atoms with E-state index in [0.717, 1.165) is 30.6 Å². The molecule has 0 aliphatic carbocycles. The zero-order valence-corrected chi connectivity index (χ0v) is 14.1. The standard InChI is InChI=1S/C18H26N2O3/c1-15-8-5-6-9-16(15)23-13-12-19(2)18(22)14-20-11-7-3-4-10-17(20)21/h5-6,8-9H,3-4,7,10-14H2,1-2H3. The van der Waals surface area contributed by atoms with Crippen molar-refractivity contribution in [3.63, 3.8) is 0 Å². The molecular formula is C18H26N2O3. The van der Waals surface area contributed by atoms with E-state index in [9.17, 15) is 9.59 Å². The van der Waals surface area contributed by atoms with Crippen molar-refractivity contribution in [2.45, 2.75) is 32.6 Å². The summed E-state index contributed by atoms with van der Waals surface area (Å²) in [4.78, 5) is 27.5. The molecule has 0 N–H and O–H groups in total. The van der Waals surface area contributed by atoms with Crippen molar-refractivity contribution in [1.82, 2.24) is 9.80 Å². The smallest absolute Gasteiger partial charge is 0.242 e. The van der Waals surface area contributed by atoms with Crippen LogP contribution in [0.5, 0.6) is 5.75 Å². The lowest BCUT2D eigenvalue weighted by molar-refractivity contribution is -0.139. The average molecular weight is 318 g/mol. The largest absolute Gasteiger partial charge is 0.491 e. The number of carbonyl (C=O) groups is 2. The molecule has 1 aromatic rings. The van der Waals surface area contributed by atoms with E-state index in [4.69, 9.17) is 4.74 Å². The van der Waals surface area contributed by atoms with Crippen LogP contribution in [0.15, 0.2) is 24.3 Å². The molecule has 0 atom stereocenters. The van der Waals surface area contributed by atoms with Crippen molar-refractivity contribution >= 4 is 11.8 Å². The van der Waals surface area contributed by atoms with Crippen LogP contribution in [0.2, 0.25) is 0 Å². The molecule has 5 nitrogen and oxygen atoms in total. The number of aryl methyl sites for hydroxylation is 1. The van der Waals surface area contributed by atoms with E-state index in [0.29, 0.717) is 26.1 Å². The number of likely N-dealkylation sites (tertiary alicyclic amines) is 1. The summed E-state index contributed by atoms with van der Waals surface area (Å²) in [7, 11) is 1.76. The molecule has 1 fully saturated rings. The van der Waals surface area contributed by atoms with E-state index >= 15 is 0 Å². The second-order valence-corrected chi connectivity index (χ2v) is 6.06. The van der Waals surface area contributed by atoms with Crippen LogP contribution in [0.3, 0.4) is 0 Å². The summed E-state index contributed by atoms with van der Waals surface area (Å²) in [6, 6.07) is 7.82. The van der Waals surface area contributed by atoms with Gasteiger partial charge in [0.05, 0.1) is 13.1 Å². The molecule has 0 spiro atoms. The van der Waals surface area contributed by atoms with Gasteiger partial charge in [-0.2, -0.15) is 0 Å². The third-order valence-electron chi connectivity index (χ3n) is 4.20. The molecular weight excluding hydrogens is 292 g/mol. The number of hydrogen-bond acceptors (Lipinski definition) is 3. The highest BCUT2D eigenvalue weighted by atomic mass is 16.5. The molecule has 5 heteroatoms. The van der Waals surface area contributed by atoms with Gasteiger partial charge in [0.25, 0.3) is 0 Å². The van der Waals surface area contributed by atoms with Crippen LogP contribution < -0.4 is 4.74 Å². The minimum absolute atomic E-state index is 0.0337. The molecule has 1 aromatic carbocycles. The number of para-hydroxylation sites is 1. The Labute approximate surface area is 138 Å². The molecule has 23 heavy (non-hydrogen) atoms. The Morgan fingerprint density at radius 3 is 2.83 bits per heavy atom. The fourth-order valence-corrected chi connectivity index (χ4v) is 2.63. The van der Waals surface area contributed by atoms with Crippen molar-refractivity contribution in [1.29, 1.82) is 0 Å². The van der Waals surface area contributed by atoms with Crippen LogP contribution in [-0.2, 0) is 9.59 Å². The SMILES string of the molecule is Cc1ccccc1OCCN(C)C(=O)CN1CCCCCC1=O. The van der Waals surface area contributed by atoms with Gasteiger partial charge in [-0.1, -0.05) is 24.6 Å². The van der Waals surface area contributed by atoms with Gasteiger partial charge in [0.2, 0.25) is 11.8 Å². The average Bonchev–Trinajstić information content (AvgIpc) is 2.74. The van der Waals surface area contributed by atoms with Gasteiger partial charge < -0.3 is 14.5 Å². The van der Waals surface area contributed by atoms with E-state index < -0.39 is 0 Å². The predicted octanol–water partition coefficient (Wildman–Crippen LogP) is 2.23. The third kappa shape index (κ3) is 5.27. The number of carbonyl (C=O) groups excluding carboxylic acids is 2. The second kappa shape index (κ2) is 8.56. The van der Waals surface area contributed by atoms with Crippen LogP contribution in [0.25, 0.3) is 0 Å². The first kappa shape index (κ1) is 17.3. The van der Waals surface area contributed by atoms with Crippen LogP contribution in [0.1, 0.15) is 31.2 Å². The van der Waals surface area contributed by atoms with Crippen molar-refractivity contribution < 1.29 is 14.3 Å². The summed E-state index contributed by atoms with van der Waals surface area (Å²) in [5.41, 5.74) is 1.08.